The van der Waals surface area contributed by atoms with Gasteiger partial charge >= 0.3 is 0 Å². The van der Waals surface area contributed by atoms with Gasteiger partial charge in [-0.1, -0.05) is 19.1 Å². The van der Waals surface area contributed by atoms with Crippen LogP contribution < -0.4 is 4.74 Å². The third-order valence-electron chi connectivity index (χ3n) is 3.06. The minimum absolute atomic E-state index is 0.131. The summed E-state index contributed by atoms with van der Waals surface area (Å²) in [5.74, 6) is 0.892. The van der Waals surface area contributed by atoms with E-state index < -0.39 is 6.10 Å². The molecule has 0 heterocycles. The highest BCUT2D eigenvalue weighted by Crippen LogP contribution is 2.26. The number of rotatable bonds is 7. The second-order valence-corrected chi connectivity index (χ2v) is 4.70. The monoisotopic (exact) mass is 264 g/mol. The molecule has 1 aliphatic carbocycles. The number of hydrogen-bond donors (Lipinski definition) is 0. The van der Waals surface area contributed by atoms with Crippen molar-refractivity contribution in [2.45, 2.75) is 38.6 Å². The van der Waals surface area contributed by atoms with Gasteiger partial charge in [-0.25, -0.2) is 0 Å². The normalized spacial score (nSPS) is 22.1. The summed E-state index contributed by atoms with van der Waals surface area (Å²) in [6.07, 6.45) is 0.783. The minimum atomic E-state index is -0.397. The van der Waals surface area contributed by atoms with E-state index in [4.69, 9.17) is 14.2 Å². The topological polar surface area (TPSA) is 44.8 Å². The van der Waals surface area contributed by atoms with Gasteiger partial charge in [0.15, 0.2) is 11.9 Å². The molecule has 1 aromatic carbocycles. The Kier molecular flexibility index (Phi) is 4.93. The molecule has 0 bridgehead atoms. The lowest BCUT2D eigenvalue weighted by Crippen LogP contribution is -2.52. The van der Waals surface area contributed by atoms with Crippen LogP contribution in [0.1, 0.15) is 25.3 Å². The van der Waals surface area contributed by atoms with Crippen LogP contribution in [0.15, 0.2) is 24.3 Å². The van der Waals surface area contributed by atoms with Crippen molar-refractivity contribution >= 4 is 5.78 Å². The van der Waals surface area contributed by atoms with Gasteiger partial charge in [0, 0.05) is 20.1 Å². The van der Waals surface area contributed by atoms with Gasteiger partial charge in [-0.3, -0.25) is 4.79 Å². The van der Waals surface area contributed by atoms with Crippen LogP contribution >= 0.6 is 0 Å². The summed E-state index contributed by atoms with van der Waals surface area (Å²) < 4.78 is 16.4. The molecule has 19 heavy (non-hydrogen) atoms. The predicted molar refractivity (Wildman–Crippen MR) is 71.2 cm³/mol. The lowest BCUT2D eigenvalue weighted by atomic mass is 9.90. The SMILES string of the molecule is CCCOC1C(=O)CC1Oc1cccc(COC)c1. The molecule has 0 aliphatic heterocycles. The van der Waals surface area contributed by atoms with E-state index in [1.807, 2.05) is 31.2 Å². The fourth-order valence-corrected chi connectivity index (χ4v) is 2.07. The first-order chi connectivity index (χ1) is 9.24. The molecule has 4 nitrogen and oxygen atoms in total. The van der Waals surface area contributed by atoms with E-state index in [1.165, 1.54) is 0 Å². The maximum atomic E-state index is 11.5. The first-order valence-corrected chi connectivity index (χ1v) is 6.63. The number of hydrogen-bond acceptors (Lipinski definition) is 4. The van der Waals surface area contributed by atoms with Gasteiger partial charge < -0.3 is 14.2 Å². The van der Waals surface area contributed by atoms with Gasteiger partial charge in [-0.05, 0) is 24.1 Å². The Morgan fingerprint density at radius 2 is 2.21 bits per heavy atom. The van der Waals surface area contributed by atoms with E-state index in [0.29, 0.717) is 19.6 Å². The summed E-state index contributed by atoms with van der Waals surface area (Å²) in [7, 11) is 1.66. The Balaban J connectivity index is 1.93. The zero-order valence-corrected chi connectivity index (χ0v) is 11.4. The highest BCUT2D eigenvalue weighted by Gasteiger charge is 2.42. The average Bonchev–Trinajstić information content (AvgIpc) is 2.39. The Labute approximate surface area is 113 Å². The van der Waals surface area contributed by atoms with Crippen LogP contribution in [0, 0.1) is 0 Å². The summed E-state index contributed by atoms with van der Waals surface area (Å²) in [6, 6.07) is 7.72. The van der Waals surface area contributed by atoms with Crippen molar-refractivity contribution in [1.29, 1.82) is 0 Å². The molecule has 0 radical (unpaired) electrons. The molecule has 0 N–H and O–H groups in total. The van der Waals surface area contributed by atoms with E-state index in [1.54, 1.807) is 7.11 Å². The third kappa shape index (κ3) is 3.55. The maximum absolute atomic E-state index is 11.5. The first-order valence-electron chi connectivity index (χ1n) is 6.63. The predicted octanol–water partition coefficient (Wildman–Crippen LogP) is 2.35. The number of carbonyl (C=O) groups excluding carboxylic acids is 1. The van der Waals surface area contributed by atoms with E-state index >= 15 is 0 Å². The summed E-state index contributed by atoms with van der Waals surface area (Å²) in [6.45, 7) is 3.17. The fourth-order valence-electron chi connectivity index (χ4n) is 2.07. The molecule has 0 spiro atoms. The quantitative estimate of drug-likeness (QED) is 0.758. The Morgan fingerprint density at radius 1 is 1.37 bits per heavy atom. The van der Waals surface area contributed by atoms with Gasteiger partial charge in [-0.2, -0.15) is 0 Å². The molecule has 1 saturated carbocycles. The summed E-state index contributed by atoms with van der Waals surface area (Å²) in [5.41, 5.74) is 1.05. The second-order valence-electron chi connectivity index (χ2n) is 4.70. The molecule has 4 heteroatoms. The molecule has 0 aromatic heterocycles. The molecule has 104 valence electrons. The van der Waals surface area contributed by atoms with Crippen molar-refractivity contribution in [3.8, 4) is 5.75 Å². The van der Waals surface area contributed by atoms with Crippen molar-refractivity contribution in [3.05, 3.63) is 29.8 Å². The number of carbonyl (C=O) groups is 1. The van der Waals surface area contributed by atoms with Gasteiger partial charge in [0.1, 0.15) is 11.9 Å². The number of ketones is 1. The molecule has 0 saturated heterocycles. The molecule has 2 unspecified atom stereocenters. The molecule has 2 rings (SSSR count). The van der Waals surface area contributed by atoms with Gasteiger partial charge in [-0.15, -0.1) is 0 Å². The molecule has 0 amide bonds. The van der Waals surface area contributed by atoms with Crippen molar-refractivity contribution in [2.75, 3.05) is 13.7 Å². The van der Waals surface area contributed by atoms with Crippen LogP contribution in [0.25, 0.3) is 0 Å². The lowest BCUT2D eigenvalue weighted by Gasteiger charge is -2.34. The average molecular weight is 264 g/mol. The first kappa shape index (κ1) is 14.0. The van der Waals surface area contributed by atoms with Crippen molar-refractivity contribution in [1.82, 2.24) is 0 Å². The maximum Gasteiger partial charge on any atom is 0.169 e. The summed E-state index contributed by atoms with van der Waals surface area (Å²) >= 11 is 0. The fraction of sp³-hybridized carbons (Fsp3) is 0.533. The lowest BCUT2D eigenvalue weighted by molar-refractivity contribution is -0.154. The van der Waals surface area contributed by atoms with Crippen LogP contribution in [-0.2, 0) is 20.9 Å². The highest BCUT2D eigenvalue weighted by molar-refractivity contribution is 5.90. The summed E-state index contributed by atoms with van der Waals surface area (Å²) in [5, 5.41) is 0. The minimum Gasteiger partial charge on any atom is -0.487 e. The number of Topliss-reactive ketones (excluding diaryl/α,β-unsaturated/α-hetero) is 1. The van der Waals surface area contributed by atoms with Gasteiger partial charge in [0.2, 0.25) is 0 Å². The van der Waals surface area contributed by atoms with E-state index in [9.17, 15) is 4.79 Å². The molecular weight excluding hydrogens is 244 g/mol. The second kappa shape index (κ2) is 6.68. The van der Waals surface area contributed by atoms with E-state index in [2.05, 4.69) is 0 Å². The number of methoxy groups -OCH3 is 1. The van der Waals surface area contributed by atoms with Crippen LogP contribution in [0.2, 0.25) is 0 Å². The van der Waals surface area contributed by atoms with Crippen molar-refractivity contribution in [2.24, 2.45) is 0 Å². The van der Waals surface area contributed by atoms with Crippen molar-refractivity contribution < 1.29 is 19.0 Å². The van der Waals surface area contributed by atoms with Crippen molar-refractivity contribution in [3.63, 3.8) is 0 Å². The van der Waals surface area contributed by atoms with Crippen LogP contribution in [0.4, 0.5) is 0 Å². The van der Waals surface area contributed by atoms with Crippen LogP contribution in [0.3, 0.4) is 0 Å². The van der Waals surface area contributed by atoms with Gasteiger partial charge in [0.05, 0.1) is 6.61 Å². The number of ether oxygens (including phenoxy) is 3. The molecule has 1 aliphatic rings. The third-order valence-corrected chi connectivity index (χ3v) is 3.06. The van der Waals surface area contributed by atoms with E-state index in [-0.39, 0.29) is 11.9 Å². The smallest absolute Gasteiger partial charge is 0.169 e. The summed E-state index contributed by atoms with van der Waals surface area (Å²) in [4.78, 5) is 11.5. The largest absolute Gasteiger partial charge is 0.487 e. The number of benzene rings is 1. The Bertz CT molecular complexity index is 430. The molecule has 1 fully saturated rings. The van der Waals surface area contributed by atoms with E-state index in [0.717, 1.165) is 17.7 Å². The van der Waals surface area contributed by atoms with Crippen LogP contribution in [-0.4, -0.2) is 31.7 Å². The zero-order chi connectivity index (χ0) is 13.7. The van der Waals surface area contributed by atoms with Gasteiger partial charge in [0.25, 0.3) is 0 Å². The highest BCUT2D eigenvalue weighted by atomic mass is 16.5. The molecule has 2 atom stereocenters. The molecular formula is C15H20O4. The standard InChI is InChI=1S/C15H20O4/c1-3-7-18-15-13(16)9-14(15)19-12-6-4-5-11(8-12)10-17-2/h4-6,8,14-15H,3,7,9-10H2,1-2H3. The zero-order valence-electron chi connectivity index (χ0n) is 11.4. The Hall–Kier alpha value is -1.39. The van der Waals surface area contributed by atoms with Crippen LogP contribution in [0.5, 0.6) is 5.75 Å². The molecule has 1 aromatic rings. The Morgan fingerprint density at radius 3 is 2.89 bits per heavy atom.